The fraction of sp³-hybridized carbons (Fsp3) is 0.100. The first-order chi connectivity index (χ1) is 6.09. The lowest BCUT2D eigenvalue weighted by Crippen LogP contribution is -2.10. The summed E-state index contributed by atoms with van der Waals surface area (Å²) >= 11 is 0. The van der Waals surface area contributed by atoms with E-state index in [9.17, 15) is 4.79 Å². The number of benzene rings is 1. The Kier molecular flexibility index (Phi) is 2.69. The van der Waals surface area contributed by atoms with Gasteiger partial charge < -0.3 is 10.5 Å². The highest BCUT2D eigenvalue weighted by atomic mass is 16.5. The fourth-order valence-electron chi connectivity index (χ4n) is 0.888. The van der Waals surface area contributed by atoms with Gasteiger partial charge in [-0.05, 0) is 31.2 Å². The van der Waals surface area contributed by atoms with Gasteiger partial charge in [-0.15, -0.1) is 0 Å². The van der Waals surface area contributed by atoms with Gasteiger partial charge in [0.1, 0.15) is 5.75 Å². The predicted octanol–water partition coefficient (Wildman–Crippen LogP) is 1.70. The van der Waals surface area contributed by atoms with Crippen molar-refractivity contribution in [3.8, 4) is 5.75 Å². The van der Waals surface area contributed by atoms with E-state index in [0.29, 0.717) is 17.1 Å². The second-order valence-corrected chi connectivity index (χ2v) is 2.69. The second-order valence-electron chi connectivity index (χ2n) is 2.69. The van der Waals surface area contributed by atoms with E-state index in [1.54, 1.807) is 31.2 Å². The van der Waals surface area contributed by atoms with Crippen LogP contribution in [0.2, 0.25) is 0 Å². The molecule has 13 heavy (non-hydrogen) atoms. The molecule has 0 bridgehead atoms. The van der Waals surface area contributed by atoms with Gasteiger partial charge in [-0.3, -0.25) is 4.79 Å². The summed E-state index contributed by atoms with van der Waals surface area (Å²) in [6.45, 7) is 5.35. The van der Waals surface area contributed by atoms with Gasteiger partial charge in [0.05, 0.1) is 5.76 Å². The van der Waals surface area contributed by atoms with Crippen molar-refractivity contribution in [1.29, 1.82) is 0 Å². The maximum Gasteiger partial charge on any atom is 0.248 e. The van der Waals surface area contributed by atoms with Crippen LogP contribution in [0.15, 0.2) is 36.6 Å². The standard InChI is InChI=1S/C10H11NO2/c1-7(2)13-9-5-3-8(4-6-9)10(11)12/h3-6H,1H2,2H3,(H2,11,12). The van der Waals surface area contributed by atoms with Crippen LogP contribution >= 0.6 is 0 Å². The first-order valence-corrected chi connectivity index (χ1v) is 3.83. The van der Waals surface area contributed by atoms with Crippen molar-refractivity contribution in [2.24, 2.45) is 5.73 Å². The van der Waals surface area contributed by atoms with E-state index in [1.807, 2.05) is 0 Å². The van der Waals surface area contributed by atoms with Crippen molar-refractivity contribution < 1.29 is 9.53 Å². The van der Waals surface area contributed by atoms with Crippen LogP contribution in [-0.2, 0) is 0 Å². The summed E-state index contributed by atoms with van der Waals surface area (Å²) in [7, 11) is 0. The normalized spacial score (nSPS) is 9.31. The Balaban J connectivity index is 2.81. The van der Waals surface area contributed by atoms with Crippen LogP contribution < -0.4 is 10.5 Å². The van der Waals surface area contributed by atoms with Crippen LogP contribution in [0.5, 0.6) is 5.75 Å². The molecule has 3 nitrogen and oxygen atoms in total. The topological polar surface area (TPSA) is 52.3 Å². The van der Waals surface area contributed by atoms with Gasteiger partial charge in [-0.1, -0.05) is 6.58 Å². The fourth-order valence-corrected chi connectivity index (χ4v) is 0.888. The second kappa shape index (κ2) is 3.76. The lowest BCUT2D eigenvalue weighted by atomic mass is 10.2. The van der Waals surface area contributed by atoms with E-state index in [2.05, 4.69) is 6.58 Å². The molecule has 0 aromatic heterocycles. The van der Waals surface area contributed by atoms with Crippen molar-refractivity contribution in [3.63, 3.8) is 0 Å². The van der Waals surface area contributed by atoms with E-state index in [-0.39, 0.29) is 0 Å². The third-order valence-electron chi connectivity index (χ3n) is 1.43. The quantitative estimate of drug-likeness (QED) is 0.714. The zero-order valence-electron chi connectivity index (χ0n) is 7.41. The Morgan fingerprint density at radius 2 is 1.92 bits per heavy atom. The SMILES string of the molecule is C=C(C)Oc1ccc(C(N)=O)cc1. The van der Waals surface area contributed by atoms with Gasteiger partial charge >= 0.3 is 0 Å². The van der Waals surface area contributed by atoms with Gasteiger partial charge in [0.2, 0.25) is 5.91 Å². The zero-order valence-corrected chi connectivity index (χ0v) is 7.41. The summed E-state index contributed by atoms with van der Waals surface area (Å²) in [6, 6.07) is 6.57. The maximum atomic E-state index is 10.7. The van der Waals surface area contributed by atoms with Crippen LogP contribution in [0.3, 0.4) is 0 Å². The average molecular weight is 177 g/mol. The average Bonchev–Trinajstić information content (AvgIpc) is 2.04. The van der Waals surface area contributed by atoms with Crippen molar-refractivity contribution in [2.45, 2.75) is 6.92 Å². The lowest BCUT2D eigenvalue weighted by molar-refractivity contribution is 0.100. The molecule has 0 radical (unpaired) electrons. The molecule has 0 saturated carbocycles. The number of nitrogens with two attached hydrogens (primary N) is 1. The number of primary amides is 1. The number of carbonyl (C=O) groups is 1. The van der Waals surface area contributed by atoms with E-state index in [4.69, 9.17) is 10.5 Å². The van der Waals surface area contributed by atoms with Gasteiger partial charge in [0.15, 0.2) is 0 Å². The van der Waals surface area contributed by atoms with Gasteiger partial charge in [0, 0.05) is 5.56 Å². The number of hydrogen-bond donors (Lipinski definition) is 1. The molecular weight excluding hydrogens is 166 g/mol. The molecular formula is C10H11NO2. The molecule has 1 rings (SSSR count). The molecule has 68 valence electrons. The number of hydrogen-bond acceptors (Lipinski definition) is 2. The molecule has 0 unspecified atom stereocenters. The molecule has 1 aromatic rings. The Hall–Kier alpha value is -1.77. The summed E-state index contributed by atoms with van der Waals surface area (Å²) in [5.41, 5.74) is 5.53. The molecule has 0 aliphatic carbocycles. The molecule has 0 aliphatic rings. The Morgan fingerprint density at radius 1 is 1.38 bits per heavy atom. The van der Waals surface area contributed by atoms with Crippen LogP contribution in [0, 0.1) is 0 Å². The molecule has 2 N–H and O–H groups in total. The van der Waals surface area contributed by atoms with E-state index in [0.717, 1.165) is 0 Å². The number of carbonyl (C=O) groups excluding carboxylic acids is 1. The Labute approximate surface area is 76.8 Å². The summed E-state index contributed by atoms with van der Waals surface area (Å²) < 4.78 is 5.20. The van der Waals surface area contributed by atoms with Crippen LogP contribution in [-0.4, -0.2) is 5.91 Å². The molecule has 0 fully saturated rings. The minimum absolute atomic E-state index is 0.443. The third kappa shape index (κ3) is 2.63. The third-order valence-corrected chi connectivity index (χ3v) is 1.43. The molecule has 1 aromatic carbocycles. The summed E-state index contributed by atoms with van der Waals surface area (Å²) in [6.07, 6.45) is 0. The summed E-state index contributed by atoms with van der Waals surface area (Å²) in [4.78, 5) is 10.7. The van der Waals surface area contributed by atoms with E-state index in [1.165, 1.54) is 0 Å². The molecule has 0 atom stereocenters. The summed E-state index contributed by atoms with van der Waals surface area (Å²) in [5.74, 6) is 0.811. The highest BCUT2D eigenvalue weighted by Crippen LogP contribution is 2.13. The van der Waals surface area contributed by atoms with Crippen molar-refractivity contribution in [3.05, 3.63) is 42.2 Å². The molecule has 0 heterocycles. The number of allylic oxidation sites excluding steroid dienone is 1. The number of ether oxygens (including phenoxy) is 1. The smallest absolute Gasteiger partial charge is 0.248 e. The van der Waals surface area contributed by atoms with E-state index < -0.39 is 5.91 Å². The van der Waals surface area contributed by atoms with Gasteiger partial charge in [-0.25, -0.2) is 0 Å². The number of amides is 1. The minimum Gasteiger partial charge on any atom is -0.463 e. The first-order valence-electron chi connectivity index (χ1n) is 3.83. The van der Waals surface area contributed by atoms with Gasteiger partial charge in [0.25, 0.3) is 0 Å². The largest absolute Gasteiger partial charge is 0.463 e. The molecule has 1 amide bonds. The molecule has 3 heteroatoms. The molecule has 0 saturated heterocycles. The van der Waals surface area contributed by atoms with E-state index >= 15 is 0 Å². The van der Waals surface area contributed by atoms with Crippen LogP contribution in [0.4, 0.5) is 0 Å². The van der Waals surface area contributed by atoms with Gasteiger partial charge in [-0.2, -0.15) is 0 Å². The molecule has 0 aliphatic heterocycles. The maximum absolute atomic E-state index is 10.7. The van der Waals surface area contributed by atoms with Crippen LogP contribution in [0.1, 0.15) is 17.3 Å². The lowest BCUT2D eigenvalue weighted by Gasteiger charge is -2.03. The molecule has 0 spiro atoms. The predicted molar refractivity (Wildman–Crippen MR) is 50.4 cm³/mol. The monoisotopic (exact) mass is 177 g/mol. The van der Waals surface area contributed by atoms with Crippen molar-refractivity contribution in [1.82, 2.24) is 0 Å². The number of rotatable bonds is 3. The highest BCUT2D eigenvalue weighted by molar-refractivity contribution is 5.92. The van der Waals surface area contributed by atoms with Crippen LogP contribution in [0.25, 0.3) is 0 Å². The zero-order chi connectivity index (χ0) is 9.84. The van der Waals surface area contributed by atoms with Crippen molar-refractivity contribution >= 4 is 5.91 Å². The Morgan fingerprint density at radius 3 is 2.31 bits per heavy atom. The summed E-state index contributed by atoms with van der Waals surface area (Å²) in [5, 5.41) is 0. The Bertz CT molecular complexity index is 327. The highest BCUT2D eigenvalue weighted by Gasteiger charge is 1.99. The first kappa shape index (κ1) is 9.32. The minimum atomic E-state index is -0.443. The van der Waals surface area contributed by atoms with Crippen molar-refractivity contribution in [2.75, 3.05) is 0 Å².